The Morgan fingerprint density at radius 1 is 0.931 bits per heavy atom. The first-order valence-electron chi connectivity index (χ1n) is 9.69. The van der Waals surface area contributed by atoms with Crippen LogP contribution in [0, 0.1) is 23.7 Å². The minimum Gasteiger partial charge on any atom is -0.274 e. The number of benzene rings is 2. The zero-order chi connectivity index (χ0) is 19.7. The normalized spacial score (nSPS) is 27.3. The topological polar surface area (TPSA) is 63.2 Å². The molecule has 6 heteroatoms. The van der Waals surface area contributed by atoms with Crippen LogP contribution in [0.5, 0.6) is 0 Å². The molecule has 142 valence electrons. The first kappa shape index (κ1) is 17.0. The molecule has 3 aromatic rings. The number of hydrogen-bond donors (Lipinski definition) is 0. The number of hydrogen-bond acceptors (Lipinski definition) is 4. The minimum atomic E-state index is -0.180. The highest BCUT2D eigenvalue weighted by Gasteiger charge is 2.59. The summed E-state index contributed by atoms with van der Waals surface area (Å²) >= 11 is 3.46. The number of imide groups is 1. The molecule has 3 aliphatic rings. The molecular weight excluding hydrogens is 430 g/mol. The lowest BCUT2D eigenvalue weighted by molar-refractivity contribution is -0.123. The van der Waals surface area contributed by atoms with Crippen molar-refractivity contribution in [3.05, 3.63) is 65.3 Å². The van der Waals surface area contributed by atoms with Crippen molar-refractivity contribution >= 4 is 44.3 Å². The molecule has 29 heavy (non-hydrogen) atoms. The number of amides is 2. The highest BCUT2D eigenvalue weighted by Crippen LogP contribution is 2.53. The van der Waals surface area contributed by atoms with Gasteiger partial charge in [0.25, 0.3) is 0 Å². The Morgan fingerprint density at radius 2 is 1.62 bits per heavy atom. The highest BCUT2D eigenvalue weighted by molar-refractivity contribution is 9.10. The van der Waals surface area contributed by atoms with Crippen LogP contribution in [0.25, 0.3) is 22.3 Å². The molecule has 2 aromatic carbocycles. The van der Waals surface area contributed by atoms with E-state index in [2.05, 4.69) is 38.0 Å². The summed E-state index contributed by atoms with van der Waals surface area (Å²) in [5, 5.41) is 0.961. The Kier molecular flexibility index (Phi) is 3.56. The first-order valence-corrected chi connectivity index (χ1v) is 10.5. The van der Waals surface area contributed by atoms with Crippen LogP contribution in [0.1, 0.15) is 6.42 Å². The van der Waals surface area contributed by atoms with Crippen LogP contribution in [0.4, 0.5) is 5.69 Å². The molecule has 1 aromatic heterocycles. The number of halogens is 1. The van der Waals surface area contributed by atoms with Gasteiger partial charge in [0.15, 0.2) is 5.82 Å². The van der Waals surface area contributed by atoms with Crippen molar-refractivity contribution in [1.29, 1.82) is 0 Å². The van der Waals surface area contributed by atoms with Crippen molar-refractivity contribution in [2.75, 3.05) is 4.90 Å². The summed E-state index contributed by atoms with van der Waals surface area (Å²) in [4.78, 5) is 36.4. The number of carbonyl (C=O) groups is 2. The fourth-order valence-corrected chi connectivity index (χ4v) is 5.44. The predicted octanol–water partition coefficient (Wildman–Crippen LogP) is 4.37. The fourth-order valence-electron chi connectivity index (χ4n) is 5.06. The fraction of sp³-hybridized carbons (Fsp3) is 0.217. The molecule has 1 saturated heterocycles. The van der Waals surface area contributed by atoms with Gasteiger partial charge in [-0.05, 0) is 60.7 Å². The maximum Gasteiger partial charge on any atom is 0.238 e. The van der Waals surface area contributed by atoms with E-state index < -0.39 is 0 Å². The maximum atomic E-state index is 13.0. The van der Waals surface area contributed by atoms with Gasteiger partial charge < -0.3 is 0 Å². The van der Waals surface area contributed by atoms with Crippen molar-refractivity contribution in [2.24, 2.45) is 23.7 Å². The lowest BCUT2D eigenvalue weighted by Crippen LogP contribution is -2.32. The second-order valence-corrected chi connectivity index (χ2v) is 8.87. The zero-order valence-corrected chi connectivity index (χ0v) is 16.9. The van der Waals surface area contributed by atoms with Gasteiger partial charge in [-0.3, -0.25) is 14.5 Å². The molecular formula is C23H16BrN3O2. The smallest absolute Gasteiger partial charge is 0.238 e. The molecule has 0 spiro atoms. The molecule has 4 atom stereocenters. The van der Waals surface area contributed by atoms with Gasteiger partial charge in [0.2, 0.25) is 11.8 Å². The number of carbonyl (C=O) groups excluding carboxylic acids is 2. The van der Waals surface area contributed by atoms with E-state index in [1.807, 2.05) is 42.5 Å². The third-order valence-corrected chi connectivity index (χ3v) is 6.89. The SMILES string of the molecule is O=C1[C@@H]2[C@H](C(=O)N1c1ccc(-c3ncc4cc(Br)ccc4n3)cc1)[C@H]1C=C[C@H]2C1. The molecule has 1 saturated carbocycles. The summed E-state index contributed by atoms with van der Waals surface area (Å²) < 4.78 is 0.985. The van der Waals surface area contributed by atoms with Crippen molar-refractivity contribution in [1.82, 2.24) is 9.97 Å². The number of allylic oxidation sites excluding steroid dienone is 2. The van der Waals surface area contributed by atoms with Gasteiger partial charge in [-0.25, -0.2) is 9.97 Å². The number of aromatic nitrogens is 2. The van der Waals surface area contributed by atoms with Gasteiger partial charge in [0.1, 0.15) is 0 Å². The second-order valence-electron chi connectivity index (χ2n) is 7.96. The van der Waals surface area contributed by atoms with E-state index in [0.29, 0.717) is 11.5 Å². The van der Waals surface area contributed by atoms with E-state index >= 15 is 0 Å². The summed E-state index contributed by atoms with van der Waals surface area (Å²) in [5.41, 5.74) is 2.34. The minimum absolute atomic E-state index is 0.0582. The quantitative estimate of drug-likeness (QED) is 0.433. The van der Waals surface area contributed by atoms with Crippen molar-refractivity contribution in [2.45, 2.75) is 6.42 Å². The van der Waals surface area contributed by atoms with Crippen LogP contribution < -0.4 is 4.90 Å². The van der Waals surface area contributed by atoms with E-state index in [0.717, 1.165) is 27.4 Å². The molecule has 6 rings (SSSR count). The van der Waals surface area contributed by atoms with E-state index in [1.54, 1.807) is 6.20 Å². The molecule has 2 heterocycles. The molecule has 0 N–H and O–H groups in total. The third kappa shape index (κ3) is 2.45. The van der Waals surface area contributed by atoms with Crippen LogP contribution in [0.2, 0.25) is 0 Å². The molecule has 0 unspecified atom stereocenters. The second kappa shape index (κ2) is 6.07. The Labute approximate surface area is 175 Å². The van der Waals surface area contributed by atoms with Crippen LogP contribution >= 0.6 is 15.9 Å². The Hall–Kier alpha value is -2.86. The van der Waals surface area contributed by atoms with E-state index in [9.17, 15) is 9.59 Å². The predicted molar refractivity (Wildman–Crippen MR) is 113 cm³/mol. The van der Waals surface area contributed by atoms with E-state index in [4.69, 9.17) is 0 Å². The molecule has 0 radical (unpaired) electrons. The van der Waals surface area contributed by atoms with Crippen molar-refractivity contribution in [3.8, 4) is 11.4 Å². The first-order chi connectivity index (χ1) is 14.1. The van der Waals surface area contributed by atoms with Gasteiger partial charge in [0.05, 0.1) is 23.0 Å². The maximum absolute atomic E-state index is 13.0. The summed E-state index contributed by atoms with van der Waals surface area (Å²) in [5.74, 6) is 0.577. The number of nitrogens with zero attached hydrogens (tertiary/aromatic N) is 3. The van der Waals surface area contributed by atoms with E-state index in [-0.39, 0.29) is 35.5 Å². The number of rotatable bonds is 2. The van der Waals surface area contributed by atoms with Crippen LogP contribution in [0.3, 0.4) is 0 Å². The summed E-state index contributed by atoms with van der Waals surface area (Å²) in [7, 11) is 0. The lowest BCUT2D eigenvalue weighted by atomic mass is 9.85. The zero-order valence-electron chi connectivity index (χ0n) is 15.3. The van der Waals surface area contributed by atoms with Crippen LogP contribution in [-0.2, 0) is 9.59 Å². The highest BCUT2D eigenvalue weighted by atomic mass is 79.9. The Balaban J connectivity index is 1.32. The standard InChI is InChI=1S/C23H16BrN3O2/c24-16-5-8-18-15(10-16)11-25-21(26-18)12-3-6-17(7-4-12)27-22(28)19-13-1-2-14(9-13)20(19)23(27)29/h1-8,10-11,13-14,19-20H,9H2/t13-,14-,19-,20+/m0/s1. The Bertz CT molecular complexity index is 1190. The van der Waals surface area contributed by atoms with Gasteiger partial charge in [-0.2, -0.15) is 0 Å². The van der Waals surface area contributed by atoms with Gasteiger partial charge in [0, 0.05) is 21.6 Å². The Morgan fingerprint density at radius 3 is 2.31 bits per heavy atom. The van der Waals surface area contributed by atoms with Crippen LogP contribution in [0.15, 0.2) is 65.3 Å². The monoisotopic (exact) mass is 445 g/mol. The summed E-state index contributed by atoms with van der Waals surface area (Å²) in [6, 6.07) is 13.3. The van der Waals surface area contributed by atoms with Gasteiger partial charge in [-0.15, -0.1) is 0 Å². The lowest BCUT2D eigenvalue weighted by Gasteiger charge is -2.17. The molecule has 2 fully saturated rings. The van der Waals surface area contributed by atoms with Crippen LogP contribution in [-0.4, -0.2) is 21.8 Å². The largest absolute Gasteiger partial charge is 0.274 e. The molecule has 5 nitrogen and oxygen atoms in total. The van der Waals surface area contributed by atoms with Gasteiger partial charge >= 0.3 is 0 Å². The molecule has 2 bridgehead atoms. The number of anilines is 1. The van der Waals surface area contributed by atoms with Gasteiger partial charge in [-0.1, -0.05) is 28.1 Å². The van der Waals surface area contributed by atoms with E-state index in [1.165, 1.54) is 4.90 Å². The molecule has 1 aliphatic heterocycles. The third-order valence-electron chi connectivity index (χ3n) is 6.40. The average Bonchev–Trinajstić information content (AvgIpc) is 3.42. The summed E-state index contributed by atoms with van der Waals surface area (Å²) in [6.45, 7) is 0. The van der Waals surface area contributed by atoms with Crippen molar-refractivity contribution < 1.29 is 9.59 Å². The molecule has 2 amide bonds. The molecule has 2 aliphatic carbocycles. The number of fused-ring (bicyclic) bond motifs is 6. The van der Waals surface area contributed by atoms with Crippen molar-refractivity contribution in [3.63, 3.8) is 0 Å². The average molecular weight is 446 g/mol. The summed E-state index contributed by atoms with van der Waals surface area (Å²) in [6.07, 6.45) is 6.96.